The minimum Gasteiger partial charge on any atom is -0.383 e. The lowest BCUT2D eigenvalue weighted by Crippen LogP contribution is -2.18. The monoisotopic (exact) mass is 213 g/mol. The summed E-state index contributed by atoms with van der Waals surface area (Å²) in [5.41, 5.74) is 1.04. The van der Waals surface area contributed by atoms with Crippen LogP contribution in [-0.2, 0) is 22.6 Å². The lowest BCUT2D eigenvalue weighted by Gasteiger charge is -2.01. The molecule has 0 atom stereocenters. The third-order valence-electron chi connectivity index (χ3n) is 2.03. The van der Waals surface area contributed by atoms with Gasteiger partial charge < -0.3 is 19.4 Å². The molecular formula is C10H19N3O2. The van der Waals surface area contributed by atoms with Crippen molar-refractivity contribution in [2.75, 3.05) is 34.0 Å². The zero-order valence-corrected chi connectivity index (χ0v) is 9.40. The van der Waals surface area contributed by atoms with E-state index >= 15 is 0 Å². The Hall–Kier alpha value is -0.910. The summed E-state index contributed by atoms with van der Waals surface area (Å²) in [5.74, 6) is 0. The van der Waals surface area contributed by atoms with Crippen molar-refractivity contribution in [2.45, 2.75) is 13.1 Å². The number of imidazole rings is 1. The second-order valence-electron chi connectivity index (χ2n) is 3.27. The highest BCUT2D eigenvalue weighted by Crippen LogP contribution is 1.95. The van der Waals surface area contributed by atoms with Crippen LogP contribution >= 0.6 is 0 Å². The van der Waals surface area contributed by atoms with Crippen molar-refractivity contribution in [3.8, 4) is 0 Å². The van der Waals surface area contributed by atoms with Gasteiger partial charge in [-0.15, -0.1) is 0 Å². The van der Waals surface area contributed by atoms with E-state index in [1.54, 1.807) is 14.2 Å². The lowest BCUT2D eigenvalue weighted by molar-refractivity contribution is 0.187. The summed E-state index contributed by atoms with van der Waals surface area (Å²) in [5, 5.41) is 3.24. The van der Waals surface area contributed by atoms with E-state index in [2.05, 4.69) is 10.3 Å². The van der Waals surface area contributed by atoms with E-state index in [-0.39, 0.29) is 0 Å². The average Bonchev–Trinajstić information content (AvgIpc) is 2.69. The molecule has 5 nitrogen and oxygen atoms in total. The number of nitrogens with one attached hydrogen (secondary N) is 1. The van der Waals surface area contributed by atoms with Crippen molar-refractivity contribution in [3.63, 3.8) is 0 Å². The third-order valence-corrected chi connectivity index (χ3v) is 2.03. The molecule has 0 radical (unpaired) electrons. The molecule has 1 rings (SSSR count). The first-order chi connectivity index (χ1) is 7.36. The average molecular weight is 213 g/mol. The molecule has 0 aromatic carbocycles. The van der Waals surface area contributed by atoms with Gasteiger partial charge in [-0.3, -0.25) is 0 Å². The third kappa shape index (κ3) is 4.92. The summed E-state index contributed by atoms with van der Waals surface area (Å²) in [6, 6.07) is 0. The van der Waals surface area contributed by atoms with E-state index in [0.717, 1.165) is 31.9 Å². The number of methoxy groups -OCH3 is 2. The summed E-state index contributed by atoms with van der Waals surface area (Å²) in [6.07, 6.45) is 3.85. The summed E-state index contributed by atoms with van der Waals surface area (Å²) < 4.78 is 11.9. The normalized spacial score (nSPS) is 10.8. The SMILES string of the molecule is COCCNCc1cn(CCOC)cn1. The molecule has 5 heteroatoms. The van der Waals surface area contributed by atoms with E-state index in [4.69, 9.17) is 9.47 Å². The number of hydrogen-bond donors (Lipinski definition) is 1. The first-order valence-electron chi connectivity index (χ1n) is 5.06. The Morgan fingerprint density at radius 1 is 1.33 bits per heavy atom. The highest BCUT2D eigenvalue weighted by molar-refractivity contribution is 4.95. The maximum atomic E-state index is 4.99. The molecule has 1 aromatic heterocycles. The zero-order valence-electron chi connectivity index (χ0n) is 9.40. The molecule has 0 aliphatic heterocycles. The van der Waals surface area contributed by atoms with Crippen molar-refractivity contribution < 1.29 is 9.47 Å². The minimum atomic E-state index is 0.715. The number of ether oxygens (including phenoxy) is 2. The van der Waals surface area contributed by atoms with Crippen LogP contribution < -0.4 is 5.32 Å². The van der Waals surface area contributed by atoms with Crippen LogP contribution in [0.2, 0.25) is 0 Å². The number of rotatable bonds is 8. The molecule has 86 valence electrons. The summed E-state index contributed by atoms with van der Waals surface area (Å²) in [6.45, 7) is 3.92. The molecule has 0 saturated heterocycles. The molecular weight excluding hydrogens is 194 g/mol. The van der Waals surface area contributed by atoms with E-state index < -0.39 is 0 Å². The van der Waals surface area contributed by atoms with Crippen molar-refractivity contribution >= 4 is 0 Å². The van der Waals surface area contributed by atoms with Crippen LogP contribution in [0.4, 0.5) is 0 Å². The van der Waals surface area contributed by atoms with Gasteiger partial charge in [-0.1, -0.05) is 0 Å². The summed E-state index contributed by atoms with van der Waals surface area (Å²) in [4.78, 5) is 4.27. The second-order valence-corrected chi connectivity index (χ2v) is 3.27. The predicted octanol–water partition coefficient (Wildman–Crippen LogP) is 0.265. The van der Waals surface area contributed by atoms with Gasteiger partial charge in [-0.2, -0.15) is 0 Å². The Morgan fingerprint density at radius 3 is 2.87 bits per heavy atom. The van der Waals surface area contributed by atoms with Gasteiger partial charge in [0.1, 0.15) is 0 Å². The van der Waals surface area contributed by atoms with Gasteiger partial charge in [0.05, 0.1) is 25.2 Å². The minimum absolute atomic E-state index is 0.715. The van der Waals surface area contributed by atoms with Crippen LogP contribution in [0.5, 0.6) is 0 Å². The second kappa shape index (κ2) is 7.39. The van der Waals surface area contributed by atoms with Crippen LogP contribution in [-0.4, -0.2) is 43.5 Å². The zero-order chi connectivity index (χ0) is 10.9. The Morgan fingerprint density at radius 2 is 2.13 bits per heavy atom. The molecule has 0 aliphatic carbocycles. The van der Waals surface area contributed by atoms with Gasteiger partial charge in [0, 0.05) is 40.1 Å². The van der Waals surface area contributed by atoms with Gasteiger partial charge >= 0.3 is 0 Å². The molecule has 1 heterocycles. The summed E-state index contributed by atoms with van der Waals surface area (Å²) in [7, 11) is 3.39. The standard InChI is InChI=1S/C10H19N3O2/c1-14-5-3-11-7-10-8-13(9-12-10)4-6-15-2/h8-9,11H,3-7H2,1-2H3. The fourth-order valence-electron chi connectivity index (χ4n) is 1.21. The molecule has 0 bridgehead atoms. The molecule has 0 spiro atoms. The molecule has 1 aromatic rings. The number of hydrogen-bond acceptors (Lipinski definition) is 4. The Bertz CT molecular complexity index is 263. The van der Waals surface area contributed by atoms with Crippen LogP contribution in [0.1, 0.15) is 5.69 Å². The highest BCUT2D eigenvalue weighted by atomic mass is 16.5. The van der Waals surface area contributed by atoms with Gasteiger partial charge in [-0.05, 0) is 0 Å². The topological polar surface area (TPSA) is 48.3 Å². The molecule has 0 amide bonds. The van der Waals surface area contributed by atoms with Crippen LogP contribution in [0, 0.1) is 0 Å². The molecule has 0 saturated carbocycles. The van der Waals surface area contributed by atoms with E-state index in [9.17, 15) is 0 Å². The van der Waals surface area contributed by atoms with Crippen molar-refractivity contribution in [1.82, 2.24) is 14.9 Å². The van der Waals surface area contributed by atoms with Gasteiger partial charge in [0.2, 0.25) is 0 Å². The predicted molar refractivity (Wildman–Crippen MR) is 57.7 cm³/mol. The van der Waals surface area contributed by atoms with Crippen molar-refractivity contribution in [1.29, 1.82) is 0 Å². The van der Waals surface area contributed by atoms with Gasteiger partial charge in [-0.25, -0.2) is 4.98 Å². The number of nitrogens with zero attached hydrogens (tertiary/aromatic N) is 2. The molecule has 0 aliphatic rings. The van der Waals surface area contributed by atoms with E-state index in [0.29, 0.717) is 6.61 Å². The molecule has 0 unspecified atom stereocenters. The van der Waals surface area contributed by atoms with Crippen LogP contribution in [0.15, 0.2) is 12.5 Å². The highest BCUT2D eigenvalue weighted by Gasteiger charge is 1.97. The maximum Gasteiger partial charge on any atom is 0.0950 e. The van der Waals surface area contributed by atoms with Crippen molar-refractivity contribution in [2.24, 2.45) is 0 Å². The Kier molecular flexibility index (Phi) is 5.99. The Labute approximate surface area is 90.4 Å². The van der Waals surface area contributed by atoms with Gasteiger partial charge in [0.15, 0.2) is 0 Å². The van der Waals surface area contributed by atoms with Gasteiger partial charge in [0.25, 0.3) is 0 Å². The van der Waals surface area contributed by atoms with E-state index in [1.807, 2.05) is 17.1 Å². The molecule has 1 N–H and O–H groups in total. The fourth-order valence-corrected chi connectivity index (χ4v) is 1.21. The van der Waals surface area contributed by atoms with Crippen LogP contribution in [0.3, 0.4) is 0 Å². The first-order valence-corrected chi connectivity index (χ1v) is 5.06. The first kappa shape index (κ1) is 12.2. The quantitative estimate of drug-likeness (QED) is 0.630. The number of aromatic nitrogens is 2. The fraction of sp³-hybridized carbons (Fsp3) is 0.700. The smallest absolute Gasteiger partial charge is 0.0950 e. The maximum absolute atomic E-state index is 4.99. The summed E-state index contributed by atoms with van der Waals surface area (Å²) >= 11 is 0. The van der Waals surface area contributed by atoms with E-state index in [1.165, 1.54) is 0 Å². The lowest BCUT2D eigenvalue weighted by atomic mass is 10.4. The molecule has 0 fully saturated rings. The molecule has 15 heavy (non-hydrogen) atoms. The van der Waals surface area contributed by atoms with Crippen LogP contribution in [0.25, 0.3) is 0 Å². The van der Waals surface area contributed by atoms with Crippen molar-refractivity contribution in [3.05, 3.63) is 18.2 Å². The Balaban J connectivity index is 2.20. The largest absolute Gasteiger partial charge is 0.383 e.